The molecule has 2 amide bonds. The highest BCUT2D eigenvalue weighted by Crippen LogP contribution is 1.93. The number of rotatable bonds is 6. The van der Waals surface area contributed by atoms with E-state index in [1.54, 1.807) is 0 Å². The third kappa shape index (κ3) is 2.96. The van der Waals surface area contributed by atoms with E-state index in [0.29, 0.717) is 6.41 Å². The van der Waals surface area contributed by atoms with Crippen molar-refractivity contribution in [3.05, 3.63) is 12.7 Å². The van der Waals surface area contributed by atoms with Crippen LogP contribution in [0.3, 0.4) is 0 Å². The van der Waals surface area contributed by atoms with E-state index in [2.05, 4.69) is 11.9 Å². The van der Waals surface area contributed by atoms with Crippen molar-refractivity contribution in [3.8, 4) is 0 Å². The molecule has 0 heterocycles. The molecule has 1 atom stereocenters. The zero-order valence-electron chi connectivity index (χ0n) is 6.45. The molecule has 0 saturated heterocycles. The van der Waals surface area contributed by atoms with Crippen LogP contribution in [0, 0.1) is 0 Å². The van der Waals surface area contributed by atoms with E-state index in [0.717, 1.165) is 0 Å². The molecule has 0 spiro atoms. The summed E-state index contributed by atoms with van der Waals surface area (Å²) in [4.78, 5) is 31.2. The SMILES string of the molecule is C=CCC(NC=O)C(=O)C(N)=O. The summed E-state index contributed by atoms with van der Waals surface area (Å²) < 4.78 is 0. The third-order valence-electron chi connectivity index (χ3n) is 1.23. The molecule has 5 nitrogen and oxygen atoms in total. The van der Waals surface area contributed by atoms with E-state index in [4.69, 9.17) is 5.73 Å². The van der Waals surface area contributed by atoms with Gasteiger partial charge in [0.15, 0.2) is 0 Å². The van der Waals surface area contributed by atoms with Gasteiger partial charge in [0.25, 0.3) is 5.91 Å². The van der Waals surface area contributed by atoms with Gasteiger partial charge in [-0.3, -0.25) is 14.4 Å². The summed E-state index contributed by atoms with van der Waals surface area (Å²) in [5.41, 5.74) is 4.72. The number of nitrogens with two attached hydrogens (primary N) is 1. The second kappa shape index (κ2) is 5.06. The number of hydrogen-bond donors (Lipinski definition) is 2. The second-order valence-corrected chi connectivity index (χ2v) is 2.09. The Morgan fingerprint density at radius 2 is 2.17 bits per heavy atom. The Balaban J connectivity index is 4.26. The zero-order chi connectivity index (χ0) is 9.56. The van der Waals surface area contributed by atoms with Gasteiger partial charge in [0.1, 0.15) is 6.04 Å². The fourth-order valence-electron chi connectivity index (χ4n) is 0.671. The summed E-state index contributed by atoms with van der Waals surface area (Å²) in [6.07, 6.45) is 1.96. The van der Waals surface area contributed by atoms with Crippen molar-refractivity contribution in [2.24, 2.45) is 5.73 Å². The highest BCUT2D eigenvalue weighted by Gasteiger charge is 2.20. The van der Waals surface area contributed by atoms with Crippen LogP contribution < -0.4 is 11.1 Å². The molecule has 5 heteroatoms. The quantitative estimate of drug-likeness (QED) is 0.296. The van der Waals surface area contributed by atoms with Gasteiger partial charge in [0, 0.05) is 0 Å². The van der Waals surface area contributed by atoms with Gasteiger partial charge in [-0.1, -0.05) is 6.08 Å². The Bertz CT molecular complexity index is 203. The first kappa shape index (κ1) is 10.3. The van der Waals surface area contributed by atoms with E-state index in [-0.39, 0.29) is 6.42 Å². The van der Waals surface area contributed by atoms with Gasteiger partial charge in [-0.15, -0.1) is 6.58 Å². The Morgan fingerprint density at radius 3 is 2.50 bits per heavy atom. The number of primary amides is 1. The molecule has 1 unspecified atom stereocenters. The predicted molar refractivity (Wildman–Crippen MR) is 42.0 cm³/mol. The number of nitrogens with one attached hydrogen (secondary N) is 1. The summed E-state index contributed by atoms with van der Waals surface area (Å²) >= 11 is 0. The molecule has 0 aromatic carbocycles. The number of ketones is 1. The maximum Gasteiger partial charge on any atom is 0.287 e. The Labute approximate surface area is 69.6 Å². The first-order valence-corrected chi connectivity index (χ1v) is 3.27. The summed E-state index contributed by atoms with van der Waals surface area (Å²) in [5, 5.41) is 2.16. The minimum atomic E-state index is -1.06. The lowest BCUT2D eigenvalue weighted by atomic mass is 10.1. The van der Waals surface area contributed by atoms with E-state index >= 15 is 0 Å². The number of amides is 2. The lowest BCUT2D eigenvalue weighted by Gasteiger charge is -2.09. The van der Waals surface area contributed by atoms with Crippen LogP contribution in [0.5, 0.6) is 0 Å². The van der Waals surface area contributed by atoms with Crippen LogP contribution in [0.1, 0.15) is 6.42 Å². The summed E-state index contributed by atoms with van der Waals surface area (Å²) in [6.45, 7) is 3.36. The van der Waals surface area contributed by atoms with Crippen LogP contribution in [0.4, 0.5) is 0 Å². The summed E-state index contributed by atoms with van der Waals surface area (Å²) in [5.74, 6) is -1.88. The van der Waals surface area contributed by atoms with Crippen molar-refractivity contribution < 1.29 is 14.4 Å². The third-order valence-corrected chi connectivity index (χ3v) is 1.23. The molecule has 66 valence electrons. The molecule has 0 fully saturated rings. The maximum absolute atomic E-state index is 10.9. The van der Waals surface area contributed by atoms with Gasteiger partial charge < -0.3 is 11.1 Å². The van der Waals surface area contributed by atoms with E-state index < -0.39 is 17.7 Å². The van der Waals surface area contributed by atoms with Crippen LogP contribution >= 0.6 is 0 Å². The van der Waals surface area contributed by atoms with Crippen molar-refractivity contribution in [2.45, 2.75) is 12.5 Å². The van der Waals surface area contributed by atoms with Gasteiger partial charge in [-0.2, -0.15) is 0 Å². The van der Waals surface area contributed by atoms with Crippen LogP contribution in [0.25, 0.3) is 0 Å². The van der Waals surface area contributed by atoms with Crippen molar-refractivity contribution in [1.82, 2.24) is 5.32 Å². The molecule has 0 rings (SSSR count). The normalized spacial score (nSPS) is 11.3. The highest BCUT2D eigenvalue weighted by atomic mass is 16.2. The van der Waals surface area contributed by atoms with Crippen molar-refractivity contribution in [3.63, 3.8) is 0 Å². The molecular weight excluding hydrogens is 160 g/mol. The smallest absolute Gasteiger partial charge is 0.287 e. The zero-order valence-corrected chi connectivity index (χ0v) is 6.45. The molecule has 0 bridgehead atoms. The van der Waals surface area contributed by atoms with Crippen molar-refractivity contribution in [1.29, 1.82) is 0 Å². The van der Waals surface area contributed by atoms with Crippen molar-refractivity contribution in [2.75, 3.05) is 0 Å². The summed E-state index contributed by atoms with van der Waals surface area (Å²) in [6, 6.07) is -0.877. The average Bonchev–Trinajstić information content (AvgIpc) is 2.03. The fourth-order valence-corrected chi connectivity index (χ4v) is 0.671. The molecule has 0 saturated carbocycles. The van der Waals surface area contributed by atoms with Crippen LogP contribution in [0.2, 0.25) is 0 Å². The Hall–Kier alpha value is -1.65. The molecule has 0 aromatic rings. The van der Waals surface area contributed by atoms with Gasteiger partial charge in [-0.05, 0) is 6.42 Å². The van der Waals surface area contributed by atoms with Gasteiger partial charge >= 0.3 is 0 Å². The van der Waals surface area contributed by atoms with Gasteiger partial charge in [-0.25, -0.2) is 0 Å². The molecule has 3 N–H and O–H groups in total. The Morgan fingerprint density at radius 1 is 1.58 bits per heavy atom. The van der Waals surface area contributed by atoms with E-state index in [1.165, 1.54) is 6.08 Å². The lowest BCUT2D eigenvalue weighted by molar-refractivity contribution is -0.137. The monoisotopic (exact) mass is 170 g/mol. The predicted octanol–water partition coefficient (Wildman–Crippen LogP) is -1.27. The number of Topliss-reactive ketones (excluding diaryl/α,β-unsaturated/α-hetero) is 1. The van der Waals surface area contributed by atoms with Crippen molar-refractivity contribution >= 4 is 18.1 Å². The molecule has 0 aliphatic rings. The van der Waals surface area contributed by atoms with Crippen LogP contribution in [0.15, 0.2) is 12.7 Å². The Kier molecular flexibility index (Phi) is 4.36. The summed E-state index contributed by atoms with van der Waals surface area (Å²) in [7, 11) is 0. The van der Waals surface area contributed by atoms with Crippen LogP contribution in [-0.4, -0.2) is 24.1 Å². The van der Waals surface area contributed by atoms with Gasteiger partial charge in [0.05, 0.1) is 0 Å². The molecule has 0 aliphatic heterocycles. The number of carbonyl (C=O) groups excluding carboxylic acids is 3. The molecule has 0 aliphatic carbocycles. The van der Waals surface area contributed by atoms with E-state index in [1.807, 2.05) is 0 Å². The first-order chi connectivity index (χ1) is 5.63. The maximum atomic E-state index is 10.9. The van der Waals surface area contributed by atoms with Crippen LogP contribution in [-0.2, 0) is 14.4 Å². The fraction of sp³-hybridized carbons (Fsp3) is 0.286. The van der Waals surface area contributed by atoms with Gasteiger partial charge in [0.2, 0.25) is 12.2 Å². The largest absolute Gasteiger partial charge is 0.363 e. The minimum Gasteiger partial charge on any atom is -0.363 e. The molecule has 0 aromatic heterocycles. The van der Waals surface area contributed by atoms with E-state index in [9.17, 15) is 14.4 Å². The highest BCUT2D eigenvalue weighted by molar-refractivity contribution is 6.37. The second-order valence-electron chi connectivity index (χ2n) is 2.09. The number of carbonyl (C=O) groups is 3. The number of hydrogen-bond acceptors (Lipinski definition) is 3. The molecular formula is C7H10N2O3. The molecule has 0 radical (unpaired) electrons. The minimum absolute atomic E-state index is 0.195. The average molecular weight is 170 g/mol. The topological polar surface area (TPSA) is 89.3 Å². The first-order valence-electron chi connectivity index (χ1n) is 3.27. The standard InChI is InChI=1S/C7H10N2O3/c1-2-3-5(9-4-10)6(11)7(8)12/h2,4-5H,1,3H2,(H2,8,12)(H,9,10). The lowest BCUT2D eigenvalue weighted by Crippen LogP contribution is -2.42. The molecule has 12 heavy (non-hydrogen) atoms.